The molecule has 1 aliphatic heterocycles. The summed E-state index contributed by atoms with van der Waals surface area (Å²) in [6, 6.07) is 36.6. The topological polar surface area (TPSA) is 198 Å². The lowest BCUT2D eigenvalue weighted by molar-refractivity contribution is -0.384. The van der Waals surface area contributed by atoms with Crippen LogP contribution in [0.5, 0.6) is 5.75 Å². The van der Waals surface area contributed by atoms with E-state index in [9.17, 15) is 33.2 Å². The summed E-state index contributed by atoms with van der Waals surface area (Å²) in [6.45, 7) is 10.9. The Kier molecular flexibility index (Phi) is 16.1. The van der Waals surface area contributed by atoms with Crippen molar-refractivity contribution in [2.45, 2.75) is 87.7 Å². The maximum atomic E-state index is 13.8. The molecule has 15 nitrogen and oxygen atoms in total. The molecule has 2 aromatic heterocycles. The number of nitro benzene ring substituents is 1. The summed E-state index contributed by atoms with van der Waals surface area (Å²) in [7, 11) is -4.58. The van der Waals surface area contributed by atoms with Gasteiger partial charge in [0.25, 0.3) is 21.6 Å². The highest BCUT2D eigenvalue weighted by atomic mass is 32.2. The zero-order chi connectivity index (χ0) is 50.2. The average Bonchev–Trinajstić information content (AvgIpc) is 3.73. The molecule has 0 bridgehead atoms. The number of anilines is 1. The fraction of sp³-hybridized carbons (Fsp3) is 0.315. The number of amides is 1. The van der Waals surface area contributed by atoms with E-state index in [1.807, 2.05) is 91.0 Å². The molecule has 1 atom stereocenters. The first-order valence-corrected chi connectivity index (χ1v) is 26.4. The van der Waals surface area contributed by atoms with Crippen molar-refractivity contribution in [3.8, 4) is 17.0 Å². The van der Waals surface area contributed by atoms with Crippen LogP contribution in [0.3, 0.4) is 0 Å². The number of sulfonamides is 1. The standard InChI is InChI=1S/C54H59N7O8S2/c1-35(2)55-40-24-27-59(28-25-40)29-26-41(34-70-42-15-6-5-7-16-42)56-46-23-22-43(33-49(46)61(65)66)71(67,68)58-53(62)39-31-36(3)51(37(4)32-39)48-20-11-19-47-45(52(54(63)64)57-60(47)48)18-12-30-69-50-21-10-14-38-13-8-9-17-44(38)50/h5-11,13-17,19-23,31-33,35,40-41,55-56H,12,18,24-30,34H2,1-4H3,(H,58,62)(H,63,64)/t41-/m1/s1. The van der Waals surface area contributed by atoms with Crippen LogP contribution < -0.4 is 20.1 Å². The summed E-state index contributed by atoms with van der Waals surface area (Å²) in [5.41, 5.74) is 3.37. The molecule has 71 heavy (non-hydrogen) atoms. The van der Waals surface area contributed by atoms with E-state index in [1.165, 1.54) is 12.1 Å². The predicted molar refractivity (Wildman–Crippen MR) is 280 cm³/mol. The van der Waals surface area contributed by atoms with Crippen molar-refractivity contribution >= 4 is 61.3 Å². The number of nitrogens with zero attached hydrogens (tertiary/aromatic N) is 4. The first kappa shape index (κ1) is 50.6. The van der Waals surface area contributed by atoms with Gasteiger partial charge in [0.15, 0.2) is 5.69 Å². The Morgan fingerprint density at radius 1 is 0.915 bits per heavy atom. The number of aromatic nitrogens is 2. The number of benzene rings is 5. The Hall–Kier alpha value is -6.79. The molecule has 1 amide bonds. The number of carbonyl (C=O) groups is 2. The number of piperidine rings is 1. The number of carboxylic acid groups (broad SMARTS) is 1. The van der Waals surface area contributed by atoms with E-state index in [2.05, 4.69) is 39.2 Å². The molecule has 7 aromatic rings. The van der Waals surface area contributed by atoms with Gasteiger partial charge in [-0.05, 0) is 130 Å². The summed E-state index contributed by atoms with van der Waals surface area (Å²) in [4.78, 5) is 41.3. The zero-order valence-electron chi connectivity index (χ0n) is 40.3. The van der Waals surface area contributed by atoms with Crippen molar-refractivity contribution in [3.63, 3.8) is 0 Å². The van der Waals surface area contributed by atoms with Crippen LogP contribution in [0.2, 0.25) is 0 Å². The lowest BCUT2D eigenvalue weighted by Crippen LogP contribution is -2.45. The van der Waals surface area contributed by atoms with Crippen LogP contribution in [-0.4, -0.2) is 95.0 Å². The maximum absolute atomic E-state index is 13.8. The Morgan fingerprint density at radius 2 is 1.62 bits per heavy atom. The molecular formula is C54H59N7O8S2. The highest BCUT2D eigenvalue weighted by Crippen LogP contribution is 2.34. The highest BCUT2D eigenvalue weighted by molar-refractivity contribution is 7.99. The van der Waals surface area contributed by atoms with Gasteiger partial charge in [0.2, 0.25) is 0 Å². The number of fused-ring (bicyclic) bond motifs is 2. The van der Waals surface area contributed by atoms with Gasteiger partial charge in [0.1, 0.15) is 11.4 Å². The van der Waals surface area contributed by atoms with E-state index in [4.69, 9.17) is 4.74 Å². The van der Waals surface area contributed by atoms with Gasteiger partial charge in [0.05, 0.1) is 27.6 Å². The Morgan fingerprint density at radius 3 is 2.34 bits per heavy atom. The van der Waals surface area contributed by atoms with Crippen LogP contribution in [0.25, 0.3) is 27.5 Å². The van der Waals surface area contributed by atoms with E-state index in [0.717, 1.165) is 60.0 Å². The number of hydrogen-bond donors (Lipinski definition) is 4. The van der Waals surface area contributed by atoms with Crippen molar-refractivity contribution in [1.82, 2.24) is 24.6 Å². The first-order chi connectivity index (χ1) is 34.1. The normalized spacial score (nSPS) is 13.9. The number of carbonyl (C=O) groups excluding carboxylic acids is 1. The van der Waals surface area contributed by atoms with Crippen molar-refractivity contribution in [1.29, 1.82) is 0 Å². The molecule has 0 unspecified atom stereocenters. The number of rotatable bonds is 21. The second-order valence-corrected chi connectivity index (χ2v) is 21.1. The fourth-order valence-corrected chi connectivity index (χ4v) is 11.4. The molecule has 0 spiro atoms. The monoisotopic (exact) mass is 997 g/mol. The van der Waals surface area contributed by atoms with Gasteiger partial charge in [-0.25, -0.2) is 22.4 Å². The van der Waals surface area contributed by atoms with Crippen molar-refractivity contribution in [2.24, 2.45) is 0 Å². The van der Waals surface area contributed by atoms with Gasteiger partial charge >= 0.3 is 5.97 Å². The number of aryl methyl sites for hydroxylation is 3. The van der Waals surface area contributed by atoms with Gasteiger partial charge in [-0.2, -0.15) is 5.10 Å². The molecule has 3 heterocycles. The van der Waals surface area contributed by atoms with Crippen molar-refractivity contribution in [3.05, 3.63) is 159 Å². The van der Waals surface area contributed by atoms with Crippen molar-refractivity contribution < 1.29 is 32.8 Å². The summed E-state index contributed by atoms with van der Waals surface area (Å²) in [5, 5.41) is 36.4. The minimum absolute atomic E-state index is 0.0463. The highest BCUT2D eigenvalue weighted by Gasteiger charge is 2.28. The quantitative estimate of drug-likeness (QED) is 0.0230. The number of aromatic carboxylic acids is 1. The van der Waals surface area contributed by atoms with Crippen LogP contribution in [0.1, 0.15) is 77.1 Å². The summed E-state index contributed by atoms with van der Waals surface area (Å²) in [6.07, 6.45) is 3.71. The number of ether oxygens (including phenoxy) is 1. The predicted octanol–water partition coefficient (Wildman–Crippen LogP) is 9.93. The van der Waals surface area contributed by atoms with Gasteiger partial charge in [0, 0.05) is 63.5 Å². The van der Waals surface area contributed by atoms with Gasteiger partial charge in [-0.1, -0.05) is 74.5 Å². The molecule has 1 aliphatic rings. The van der Waals surface area contributed by atoms with Crippen molar-refractivity contribution in [2.75, 3.05) is 37.3 Å². The van der Waals surface area contributed by atoms with Crippen LogP contribution >= 0.6 is 11.8 Å². The van der Waals surface area contributed by atoms with E-state index in [-0.39, 0.29) is 23.0 Å². The third-order valence-corrected chi connectivity index (χ3v) is 15.3. The van der Waals surface area contributed by atoms with Gasteiger partial charge < -0.3 is 25.4 Å². The summed E-state index contributed by atoms with van der Waals surface area (Å²) < 4.78 is 37.5. The first-order valence-electron chi connectivity index (χ1n) is 23.9. The minimum Gasteiger partial charge on any atom is -0.493 e. The Bertz CT molecular complexity index is 3140. The van der Waals surface area contributed by atoms with Gasteiger partial charge in [-0.15, -0.1) is 11.8 Å². The molecule has 4 N–H and O–H groups in total. The Balaban J connectivity index is 0.965. The third-order valence-electron chi connectivity index (χ3n) is 12.8. The van der Waals surface area contributed by atoms with E-state index in [1.54, 1.807) is 42.3 Å². The summed E-state index contributed by atoms with van der Waals surface area (Å²) >= 11 is 1.64. The molecule has 17 heteroatoms. The molecule has 0 aliphatic carbocycles. The second kappa shape index (κ2) is 22.5. The van der Waals surface area contributed by atoms with Crippen LogP contribution in [-0.2, 0) is 16.4 Å². The molecule has 0 saturated carbocycles. The van der Waals surface area contributed by atoms with Crippen LogP contribution in [0.15, 0.2) is 131 Å². The number of hydrogen-bond acceptors (Lipinski definition) is 12. The summed E-state index contributed by atoms with van der Waals surface area (Å²) in [5.74, 6) is -0.722. The lowest BCUT2D eigenvalue weighted by atomic mass is 9.96. The minimum atomic E-state index is -4.58. The Labute approximate surface area is 418 Å². The number of carboxylic acids is 1. The molecule has 8 rings (SSSR count). The van der Waals surface area contributed by atoms with Crippen LogP contribution in [0, 0.1) is 24.0 Å². The number of thioether (sulfide) groups is 1. The largest absolute Gasteiger partial charge is 0.493 e. The number of pyridine rings is 1. The van der Waals surface area contributed by atoms with Crippen LogP contribution in [0.4, 0.5) is 11.4 Å². The molecule has 370 valence electrons. The number of likely N-dealkylation sites (tertiary alicyclic amines) is 1. The maximum Gasteiger partial charge on any atom is 0.356 e. The molecule has 5 aromatic carbocycles. The second-order valence-electron chi connectivity index (χ2n) is 18.3. The van der Waals surface area contributed by atoms with E-state index >= 15 is 0 Å². The third kappa shape index (κ3) is 12.2. The number of nitrogens with one attached hydrogen (secondary N) is 3. The lowest BCUT2D eigenvalue weighted by Gasteiger charge is -2.34. The molecule has 1 saturated heterocycles. The smallest absolute Gasteiger partial charge is 0.356 e. The fourth-order valence-electron chi connectivity index (χ4n) is 9.43. The SMILES string of the molecule is Cc1cc(C(=O)NS(=O)(=O)c2ccc(N[C@H](CCN3CCC(NC(C)C)CC3)CSc3ccccc3)c([N+](=O)[O-])c2)cc(C)c1-c1cccc2c(CCCOc3cccc4ccccc34)c(C(=O)O)nn12. The molecular weight excluding hydrogens is 939 g/mol. The number of nitro groups is 1. The average molecular weight is 998 g/mol. The zero-order valence-corrected chi connectivity index (χ0v) is 41.9. The molecule has 0 radical (unpaired) electrons. The molecule has 1 fully saturated rings. The van der Waals surface area contributed by atoms with E-state index < -0.39 is 37.4 Å². The van der Waals surface area contributed by atoms with E-state index in [0.29, 0.717) is 77.2 Å². The van der Waals surface area contributed by atoms with Gasteiger partial charge in [-0.3, -0.25) is 14.9 Å².